The van der Waals surface area contributed by atoms with Gasteiger partial charge in [0.2, 0.25) is 0 Å². The predicted octanol–water partition coefficient (Wildman–Crippen LogP) is 6.77. The first-order chi connectivity index (χ1) is 18.9. The first-order valence-electron chi connectivity index (χ1n) is 14.0. The van der Waals surface area contributed by atoms with Crippen LogP contribution in [-0.4, -0.2) is 42.8 Å². The van der Waals surface area contributed by atoms with E-state index in [0.717, 1.165) is 71.8 Å². The molecule has 1 aliphatic heterocycles. The van der Waals surface area contributed by atoms with E-state index in [1.807, 2.05) is 45.0 Å². The fourth-order valence-electron chi connectivity index (χ4n) is 6.22. The molecule has 1 unspecified atom stereocenters. The molecule has 1 aliphatic carbocycles. The average Bonchev–Trinajstić information content (AvgIpc) is 3.48. The maximum absolute atomic E-state index is 13.6. The highest BCUT2D eigenvalue weighted by Crippen LogP contribution is 2.43. The Hall–Kier alpha value is -3.58. The number of aryl methyl sites for hydroxylation is 1. The van der Waals surface area contributed by atoms with E-state index < -0.39 is 0 Å². The number of ether oxygens (including phenoxy) is 2. The molecule has 7 heteroatoms. The van der Waals surface area contributed by atoms with Crippen molar-refractivity contribution >= 4 is 11.7 Å². The zero-order valence-corrected chi connectivity index (χ0v) is 23.0. The molecule has 1 saturated carbocycles. The topological polar surface area (TPSA) is 62.8 Å². The number of likely N-dealkylation sites (tertiary alicyclic amines) is 1. The predicted molar refractivity (Wildman–Crippen MR) is 153 cm³/mol. The summed E-state index contributed by atoms with van der Waals surface area (Å²) in [5.41, 5.74) is 4.78. The number of halogens is 1. The number of carbonyl (C=O) groups excluding carboxylic acids is 1. The highest BCUT2D eigenvalue weighted by atomic mass is 19.1. The summed E-state index contributed by atoms with van der Waals surface area (Å²) in [5, 5.41) is 6.23. The van der Waals surface area contributed by atoms with Gasteiger partial charge >= 0.3 is 6.03 Å². The molecule has 206 valence electrons. The largest absolute Gasteiger partial charge is 0.493 e. The molecule has 0 bridgehead atoms. The smallest absolute Gasteiger partial charge is 0.319 e. The fourth-order valence-corrected chi connectivity index (χ4v) is 6.22. The van der Waals surface area contributed by atoms with Gasteiger partial charge < -0.3 is 20.1 Å². The van der Waals surface area contributed by atoms with E-state index >= 15 is 0 Å². The van der Waals surface area contributed by atoms with Gasteiger partial charge in [-0.1, -0.05) is 24.3 Å². The molecule has 39 heavy (non-hydrogen) atoms. The molecule has 3 atom stereocenters. The number of fused-ring (bicyclic) bond motifs is 1. The number of hydrogen-bond donors (Lipinski definition) is 2. The Morgan fingerprint density at radius 2 is 1.69 bits per heavy atom. The maximum atomic E-state index is 13.6. The number of hydrogen-bond acceptors (Lipinski definition) is 4. The lowest BCUT2D eigenvalue weighted by Crippen LogP contribution is -2.41. The van der Waals surface area contributed by atoms with Crippen molar-refractivity contribution in [3.63, 3.8) is 0 Å². The Labute approximate surface area is 230 Å². The minimum Gasteiger partial charge on any atom is -0.493 e. The van der Waals surface area contributed by atoms with Gasteiger partial charge in [-0.25, -0.2) is 9.18 Å². The van der Waals surface area contributed by atoms with Crippen LogP contribution in [0.25, 0.3) is 11.1 Å². The average molecular weight is 532 g/mol. The van der Waals surface area contributed by atoms with Crippen molar-refractivity contribution in [3.05, 3.63) is 77.6 Å². The summed E-state index contributed by atoms with van der Waals surface area (Å²) in [6, 6.07) is 19.0. The van der Waals surface area contributed by atoms with Gasteiger partial charge in [0.25, 0.3) is 0 Å². The summed E-state index contributed by atoms with van der Waals surface area (Å²) in [6.07, 6.45) is 3.10. The minimum absolute atomic E-state index is 0.135. The Kier molecular flexibility index (Phi) is 8.36. The Morgan fingerprint density at radius 3 is 2.36 bits per heavy atom. The fraction of sp³-hybridized carbons (Fsp3) is 0.406. The van der Waals surface area contributed by atoms with Crippen molar-refractivity contribution in [2.45, 2.75) is 58.7 Å². The van der Waals surface area contributed by atoms with Gasteiger partial charge in [0.15, 0.2) is 0 Å². The first-order valence-corrected chi connectivity index (χ1v) is 14.0. The molecule has 2 N–H and O–H groups in total. The van der Waals surface area contributed by atoms with Crippen LogP contribution in [0.1, 0.15) is 44.2 Å². The highest BCUT2D eigenvalue weighted by molar-refractivity contribution is 5.89. The van der Waals surface area contributed by atoms with Crippen molar-refractivity contribution in [2.24, 2.45) is 5.92 Å². The molecule has 2 fully saturated rings. The number of nitrogens with zero attached hydrogens (tertiary/aromatic N) is 1. The Bertz CT molecular complexity index is 1270. The summed E-state index contributed by atoms with van der Waals surface area (Å²) >= 11 is 0. The Balaban J connectivity index is 1.29. The lowest BCUT2D eigenvalue weighted by atomic mass is 9.99. The Morgan fingerprint density at radius 1 is 0.974 bits per heavy atom. The highest BCUT2D eigenvalue weighted by Gasteiger charge is 2.44. The second kappa shape index (κ2) is 12.1. The van der Waals surface area contributed by atoms with Crippen LogP contribution in [0.5, 0.6) is 11.5 Å². The summed E-state index contributed by atoms with van der Waals surface area (Å²) < 4.78 is 25.8. The van der Waals surface area contributed by atoms with Crippen molar-refractivity contribution < 1.29 is 18.7 Å². The van der Waals surface area contributed by atoms with E-state index in [-0.39, 0.29) is 17.9 Å². The minimum atomic E-state index is -0.271. The van der Waals surface area contributed by atoms with Crippen molar-refractivity contribution in [1.29, 1.82) is 0 Å². The standard InChI is InChI=1S/C32H38FN3O3/c1-4-38-29-18-22(19-30(39-5-2)31(29)23-9-11-24(33)12-10-23)20-36-16-15-26-27(13-14-28(26)36)35-32(37)34-25-8-6-7-21(3)17-25/h6-12,17-19,26-28H,4-5,13-16,20H2,1-3H3,(H2,34,35,37)/t26-,27?,28+/m0/s1. The second-order valence-corrected chi connectivity index (χ2v) is 10.5. The van der Waals surface area contributed by atoms with Gasteiger partial charge in [0.1, 0.15) is 17.3 Å². The van der Waals surface area contributed by atoms with Gasteiger partial charge in [0.05, 0.1) is 18.8 Å². The number of carbonyl (C=O) groups is 1. The summed E-state index contributed by atoms with van der Waals surface area (Å²) in [4.78, 5) is 15.3. The van der Waals surface area contributed by atoms with Crippen LogP contribution in [0, 0.1) is 18.7 Å². The van der Waals surface area contributed by atoms with E-state index in [4.69, 9.17) is 9.47 Å². The number of rotatable bonds is 9. The third-order valence-electron chi connectivity index (χ3n) is 7.84. The molecule has 5 rings (SSSR count). The molecule has 0 radical (unpaired) electrons. The summed E-state index contributed by atoms with van der Waals surface area (Å²) in [5.74, 6) is 1.66. The molecule has 3 aromatic rings. The van der Waals surface area contributed by atoms with Gasteiger partial charge in [-0.2, -0.15) is 0 Å². The van der Waals surface area contributed by atoms with Crippen LogP contribution in [0.4, 0.5) is 14.9 Å². The second-order valence-electron chi connectivity index (χ2n) is 10.5. The zero-order valence-electron chi connectivity index (χ0n) is 23.0. The van der Waals surface area contributed by atoms with Crippen LogP contribution in [-0.2, 0) is 6.54 Å². The lowest BCUT2D eigenvalue weighted by molar-refractivity contribution is 0.225. The van der Waals surface area contributed by atoms with Crippen molar-refractivity contribution in [2.75, 3.05) is 25.1 Å². The molecule has 6 nitrogen and oxygen atoms in total. The maximum Gasteiger partial charge on any atom is 0.319 e. The van der Waals surface area contributed by atoms with E-state index in [1.165, 1.54) is 12.1 Å². The van der Waals surface area contributed by atoms with E-state index in [9.17, 15) is 9.18 Å². The van der Waals surface area contributed by atoms with Gasteiger partial charge in [-0.3, -0.25) is 4.90 Å². The first kappa shape index (κ1) is 27.0. The van der Waals surface area contributed by atoms with Gasteiger partial charge in [-0.05, 0) is 106 Å². The van der Waals surface area contributed by atoms with Crippen LogP contribution in [0.15, 0.2) is 60.7 Å². The third-order valence-corrected chi connectivity index (χ3v) is 7.84. The van der Waals surface area contributed by atoms with Crippen molar-refractivity contribution in [3.8, 4) is 22.6 Å². The molecule has 2 aliphatic rings. The van der Waals surface area contributed by atoms with Gasteiger partial charge in [-0.15, -0.1) is 0 Å². The normalized spacial score (nSPS) is 20.5. The molecule has 0 aromatic heterocycles. The number of urea groups is 1. The zero-order chi connectivity index (χ0) is 27.4. The number of benzene rings is 3. The molecule has 1 saturated heterocycles. The monoisotopic (exact) mass is 531 g/mol. The summed E-state index contributed by atoms with van der Waals surface area (Å²) in [6.45, 7) is 8.77. The molecule has 3 aromatic carbocycles. The van der Waals surface area contributed by atoms with E-state index in [2.05, 4.69) is 27.7 Å². The lowest BCUT2D eigenvalue weighted by Gasteiger charge is -2.26. The molecule has 1 heterocycles. The van der Waals surface area contributed by atoms with Crippen LogP contribution >= 0.6 is 0 Å². The molecule has 0 spiro atoms. The number of anilines is 1. The quantitative estimate of drug-likeness (QED) is 0.320. The molecular weight excluding hydrogens is 493 g/mol. The van der Waals surface area contributed by atoms with Crippen LogP contribution < -0.4 is 20.1 Å². The number of amides is 2. The van der Waals surface area contributed by atoms with Gasteiger partial charge in [0, 0.05) is 24.3 Å². The van der Waals surface area contributed by atoms with Crippen LogP contribution in [0.3, 0.4) is 0 Å². The van der Waals surface area contributed by atoms with Crippen molar-refractivity contribution in [1.82, 2.24) is 10.2 Å². The third kappa shape index (κ3) is 6.19. The molecule has 2 amide bonds. The van der Waals surface area contributed by atoms with E-state index in [1.54, 1.807) is 12.1 Å². The van der Waals surface area contributed by atoms with Crippen LogP contribution in [0.2, 0.25) is 0 Å². The summed E-state index contributed by atoms with van der Waals surface area (Å²) in [7, 11) is 0. The number of nitrogens with one attached hydrogen (secondary N) is 2. The SMILES string of the molecule is CCOc1cc(CN2CC[C@H]3C(NC(=O)Nc4cccc(C)c4)CC[C@H]32)cc(OCC)c1-c1ccc(F)cc1. The molecular formula is C32H38FN3O3. The van der Waals surface area contributed by atoms with E-state index in [0.29, 0.717) is 25.2 Å².